The van der Waals surface area contributed by atoms with Crippen LogP contribution in [0, 0.1) is 0 Å². The average Bonchev–Trinajstić information content (AvgIpc) is 2.74. The number of hydrogen-bond donors (Lipinski definition) is 0. The number of aromatic nitrogens is 4. The molecular weight excluding hydrogens is 304 g/mol. The molecule has 2 aromatic heterocycles. The largest absolute Gasteiger partial charge is 0.452 e. The van der Waals surface area contributed by atoms with Crippen molar-refractivity contribution in [3.8, 4) is 0 Å². The number of hydrogen-bond acceptors (Lipinski definition) is 3. The van der Waals surface area contributed by atoms with Crippen molar-refractivity contribution in [3.63, 3.8) is 0 Å². The van der Waals surface area contributed by atoms with Crippen LogP contribution in [0.15, 0.2) is 18.3 Å². The topological polar surface area (TPSA) is 43.1 Å². The van der Waals surface area contributed by atoms with Gasteiger partial charge in [0, 0.05) is 0 Å². The van der Waals surface area contributed by atoms with E-state index in [0.29, 0.717) is 0 Å². The fourth-order valence-electron chi connectivity index (χ4n) is 1.74. The number of rotatable bonds is 0. The van der Waals surface area contributed by atoms with Crippen molar-refractivity contribution < 1.29 is 13.2 Å². The molecule has 98 valence electrons. The minimum absolute atomic E-state index is 0.0155. The van der Waals surface area contributed by atoms with Gasteiger partial charge in [-0.05, 0) is 12.1 Å². The van der Waals surface area contributed by atoms with Crippen LogP contribution in [0.5, 0.6) is 0 Å². The van der Waals surface area contributed by atoms with Crippen molar-refractivity contribution in [3.05, 3.63) is 34.2 Å². The van der Waals surface area contributed by atoms with Crippen LogP contribution in [0.2, 0.25) is 10.0 Å². The Balaban J connectivity index is 2.50. The maximum absolute atomic E-state index is 12.9. The molecule has 0 radical (unpaired) electrons. The predicted octanol–water partition coefficient (Wildman–Crippen LogP) is 3.60. The zero-order valence-electron chi connectivity index (χ0n) is 8.91. The maximum atomic E-state index is 12.9. The summed E-state index contributed by atoms with van der Waals surface area (Å²) in [7, 11) is 0. The van der Waals surface area contributed by atoms with E-state index in [4.69, 9.17) is 23.2 Å². The summed E-state index contributed by atoms with van der Waals surface area (Å²) in [5, 5.41) is 6.92. The van der Waals surface area contributed by atoms with Gasteiger partial charge in [0.2, 0.25) is 5.82 Å². The highest BCUT2D eigenvalue weighted by atomic mass is 35.5. The van der Waals surface area contributed by atoms with Gasteiger partial charge in [-0.2, -0.15) is 13.2 Å². The smallest absolute Gasteiger partial charge is 0.268 e. The molecule has 0 aliphatic carbocycles. The average molecular weight is 307 g/mol. The molecule has 0 bridgehead atoms. The fraction of sp³-hybridized carbons (Fsp3) is 0.100. The lowest BCUT2D eigenvalue weighted by molar-refractivity contribution is -0.145. The molecule has 19 heavy (non-hydrogen) atoms. The molecule has 2 heterocycles. The van der Waals surface area contributed by atoms with Gasteiger partial charge < -0.3 is 0 Å². The van der Waals surface area contributed by atoms with E-state index in [2.05, 4.69) is 15.2 Å². The van der Waals surface area contributed by atoms with Crippen LogP contribution < -0.4 is 0 Å². The standard InChI is InChI=1S/C10H3Cl2F3N4/c11-4-1-6-7(2-5(4)12)19-8(3-16-6)17-18-9(19)10(13,14)15/h1-3H. The van der Waals surface area contributed by atoms with Crippen molar-refractivity contribution in [2.24, 2.45) is 0 Å². The molecule has 0 fully saturated rings. The number of benzene rings is 1. The molecule has 3 rings (SSSR count). The predicted molar refractivity (Wildman–Crippen MR) is 63.3 cm³/mol. The van der Waals surface area contributed by atoms with Gasteiger partial charge in [0.05, 0.1) is 27.3 Å². The maximum Gasteiger partial charge on any atom is 0.452 e. The monoisotopic (exact) mass is 306 g/mol. The highest BCUT2D eigenvalue weighted by molar-refractivity contribution is 6.42. The Morgan fingerprint density at radius 3 is 2.42 bits per heavy atom. The molecule has 0 aliphatic heterocycles. The first kappa shape index (κ1) is 12.4. The zero-order valence-corrected chi connectivity index (χ0v) is 10.4. The van der Waals surface area contributed by atoms with Gasteiger partial charge in [-0.15, -0.1) is 10.2 Å². The summed E-state index contributed by atoms with van der Waals surface area (Å²) >= 11 is 11.6. The van der Waals surface area contributed by atoms with Crippen molar-refractivity contribution in [1.82, 2.24) is 19.6 Å². The summed E-state index contributed by atoms with van der Waals surface area (Å²) in [4.78, 5) is 3.97. The highest BCUT2D eigenvalue weighted by Crippen LogP contribution is 2.32. The summed E-state index contributed by atoms with van der Waals surface area (Å²) in [5.74, 6) is -1.13. The Bertz CT molecular complexity index is 797. The summed E-state index contributed by atoms with van der Waals surface area (Å²) in [6, 6.07) is 2.69. The van der Waals surface area contributed by atoms with E-state index in [-0.39, 0.29) is 26.7 Å². The molecule has 0 atom stereocenters. The first-order chi connectivity index (χ1) is 8.88. The van der Waals surface area contributed by atoms with Crippen molar-refractivity contribution in [2.75, 3.05) is 0 Å². The molecule has 1 aromatic carbocycles. The third-order valence-electron chi connectivity index (χ3n) is 2.52. The van der Waals surface area contributed by atoms with Gasteiger partial charge in [0.15, 0.2) is 5.65 Å². The molecule has 0 unspecified atom stereocenters. The van der Waals surface area contributed by atoms with Crippen molar-refractivity contribution >= 4 is 39.9 Å². The van der Waals surface area contributed by atoms with Crippen LogP contribution in [-0.4, -0.2) is 19.6 Å². The molecule has 3 aromatic rings. The van der Waals surface area contributed by atoms with E-state index < -0.39 is 12.0 Å². The lowest BCUT2D eigenvalue weighted by atomic mass is 10.3. The Kier molecular flexibility index (Phi) is 2.58. The number of halogens is 5. The SMILES string of the molecule is FC(F)(F)c1nnc2cnc3cc(Cl)c(Cl)cc3n12. The third-order valence-corrected chi connectivity index (χ3v) is 3.24. The van der Waals surface area contributed by atoms with Gasteiger partial charge in [0.1, 0.15) is 0 Å². The van der Waals surface area contributed by atoms with Gasteiger partial charge >= 0.3 is 6.18 Å². The summed E-state index contributed by atoms with van der Waals surface area (Å²) in [6.07, 6.45) is -3.44. The minimum Gasteiger partial charge on any atom is -0.268 e. The first-order valence-electron chi connectivity index (χ1n) is 4.94. The highest BCUT2D eigenvalue weighted by Gasteiger charge is 2.37. The fourth-order valence-corrected chi connectivity index (χ4v) is 2.05. The molecule has 0 saturated carbocycles. The molecule has 0 amide bonds. The minimum atomic E-state index is -4.63. The van der Waals surface area contributed by atoms with Gasteiger partial charge in [-0.3, -0.25) is 9.38 Å². The van der Waals surface area contributed by atoms with E-state index >= 15 is 0 Å². The Morgan fingerprint density at radius 2 is 1.74 bits per heavy atom. The summed E-state index contributed by atoms with van der Waals surface area (Å²) in [5.41, 5.74) is 0.398. The second-order valence-electron chi connectivity index (χ2n) is 3.73. The van der Waals surface area contributed by atoms with E-state index in [0.717, 1.165) is 4.40 Å². The number of fused-ring (bicyclic) bond motifs is 3. The molecule has 0 saturated heterocycles. The molecule has 0 spiro atoms. The van der Waals surface area contributed by atoms with Crippen molar-refractivity contribution in [1.29, 1.82) is 0 Å². The third kappa shape index (κ3) is 1.89. The van der Waals surface area contributed by atoms with E-state index in [9.17, 15) is 13.2 Å². The van der Waals surface area contributed by atoms with E-state index in [1.54, 1.807) is 0 Å². The van der Waals surface area contributed by atoms with Crippen LogP contribution in [0.3, 0.4) is 0 Å². The normalized spacial score (nSPS) is 12.5. The van der Waals surface area contributed by atoms with E-state index in [1.165, 1.54) is 18.3 Å². The molecular formula is C10H3Cl2F3N4. The molecule has 9 heteroatoms. The van der Waals surface area contributed by atoms with E-state index in [1.807, 2.05) is 0 Å². The van der Waals surface area contributed by atoms with Gasteiger partial charge in [0.25, 0.3) is 0 Å². The van der Waals surface area contributed by atoms with Crippen molar-refractivity contribution in [2.45, 2.75) is 6.18 Å². The number of nitrogens with zero attached hydrogens (tertiary/aromatic N) is 4. The van der Waals surface area contributed by atoms with Gasteiger partial charge in [-0.1, -0.05) is 23.2 Å². The van der Waals surface area contributed by atoms with Gasteiger partial charge in [-0.25, -0.2) is 0 Å². The Hall–Kier alpha value is -1.60. The summed E-state index contributed by atoms with van der Waals surface area (Å²) in [6.45, 7) is 0. The summed E-state index contributed by atoms with van der Waals surface area (Å²) < 4.78 is 39.4. The van der Waals surface area contributed by atoms with Crippen LogP contribution in [0.1, 0.15) is 5.82 Å². The molecule has 0 N–H and O–H groups in total. The van der Waals surface area contributed by atoms with Crippen LogP contribution >= 0.6 is 23.2 Å². The Morgan fingerprint density at radius 1 is 1.05 bits per heavy atom. The molecule has 0 aliphatic rings. The first-order valence-corrected chi connectivity index (χ1v) is 5.69. The second kappa shape index (κ2) is 3.94. The number of alkyl halides is 3. The lowest BCUT2D eigenvalue weighted by Crippen LogP contribution is -2.11. The zero-order chi connectivity index (χ0) is 13.8. The lowest BCUT2D eigenvalue weighted by Gasteiger charge is -2.07. The second-order valence-corrected chi connectivity index (χ2v) is 4.54. The molecule has 4 nitrogen and oxygen atoms in total. The van der Waals surface area contributed by atoms with Crippen LogP contribution in [0.25, 0.3) is 16.7 Å². The quantitative estimate of drug-likeness (QED) is 0.637. The Labute approximate surface area is 113 Å². The van der Waals surface area contributed by atoms with Crippen LogP contribution in [0.4, 0.5) is 13.2 Å². The van der Waals surface area contributed by atoms with Crippen LogP contribution in [-0.2, 0) is 6.18 Å².